The lowest BCUT2D eigenvalue weighted by atomic mass is 10.1. The van der Waals surface area contributed by atoms with Crippen LogP contribution < -0.4 is 14.2 Å². The molecule has 0 bridgehead atoms. The van der Waals surface area contributed by atoms with Gasteiger partial charge < -0.3 is 19.1 Å². The van der Waals surface area contributed by atoms with Crippen LogP contribution in [0.4, 0.5) is 0 Å². The molecule has 0 radical (unpaired) electrons. The molecule has 148 valence electrons. The van der Waals surface area contributed by atoms with E-state index < -0.39 is 9.84 Å². The SMILES string of the molecule is O=C(COc1ccc2c(c1)OCO2)N(Cc1ccccc1)[C@@H]1CCS(=O)(=O)C1. The van der Waals surface area contributed by atoms with Crippen LogP contribution in [0.2, 0.25) is 0 Å². The third kappa shape index (κ3) is 4.22. The number of amides is 1. The summed E-state index contributed by atoms with van der Waals surface area (Å²) >= 11 is 0. The van der Waals surface area contributed by atoms with E-state index >= 15 is 0 Å². The standard InChI is InChI=1S/C20H21NO6S/c22-20(12-25-17-6-7-18-19(10-17)27-14-26-18)21(11-15-4-2-1-3-5-15)16-8-9-28(23,24)13-16/h1-7,10,16H,8-9,11-14H2/t16-/m1/s1. The van der Waals surface area contributed by atoms with Gasteiger partial charge in [-0.15, -0.1) is 0 Å². The van der Waals surface area contributed by atoms with Gasteiger partial charge in [-0.25, -0.2) is 8.42 Å². The lowest BCUT2D eigenvalue weighted by molar-refractivity contribution is -0.136. The fourth-order valence-corrected chi connectivity index (χ4v) is 5.15. The lowest BCUT2D eigenvalue weighted by Gasteiger charge is -2.28. The average Bonchev–Trinajstić information content (AvgIpc) is 3.30. The largest absolute Gasteiger partial charge is 0.484 e. The van der Waals surface area contributed by atoms with Gasteiger partial charge in [0.05, 0.1) is 11.5 Å². The Balaban J connectivity index is 1.46. The number of hydrogen-bond acceptors (Lipinski definition) is 6. The monoisotopic (exact) mass is 403 g/mol. The first-order chi connectivity index (χ1) is 13.5. The summed E-state index contributed by atoms with van der Waals surface area (Å²) < 4.78 is 40.0. The number of fused-ring (bicyclic) bond motifs is 1. The van der Waals surface area contributed by atoms with E-state index in [4.69, 9.17) is 14.2 Å². The Hall–Kier alpha value is -2.74. The van der Waals surface area contributed by atoms with Crippen LogP contribution in [0, 0.1) is 0 Å². The predicted molar refractivity (Wildman–Crippen MR) is 102 cm³/mol. The zero-order valence-corrected chi connectivity index (χ0v) is 16.1. The summed E-state index contributed by atoms with van der Waals surface area (Å²) in [6, 6.07) is 14.3. The van der Waals surface area contributed by atoms with Gasteiger partial charge in [-0.2, -0.15) is 0 Å². The van der Waals surface area contributed by atoms with E-state index in [1.165, 1.54) is 0 Å². The molecule has 28 heavy (non-hydrogen) atoms. The lowest BCUT2D eigenvalue weighted by Crippen LogP contribution is -2.43. The summed E-state index contributed by atoms with van der Waals surface area (Å²) in [6.45, 7) is 0.339. The molecule has 0 aromatic heterocycles. The van der Waals surface area contributed by atoms with Gasteiger partial charge in [0.25, 0.3) is 5.91 Å². The highest BCUT2D eigenvalue weighted by Gasteiger charge is 2.34. The van der Waals surface area contributed by atoms with Crippen molar-refractivity contribution in [2.75, 3.05) is 24.9 Å². The molecule has 2 heterocycles. The predicted octanol–water partition coefficient (Wildman–Crippen LogP) is 2.01. The molecule has 2 aliphatic heterocycles. The summed E-state index contributed by atoms with van der Waals surface area (Å²) in [7, 11) is -3.11. The van der Waals surface area contributed by atoms with Gasteiger partial charge in [-0.1, -0.05) is 30.3 Å². The number of rotatable bonds is 6. The van der Waals surface area contributed by atoms with Crippen LogP contribution >= 0.6 is 0 Å². The van der Waals surface area contributed by atoms with E-state index in [1.54, 1.807) is 23.1 Å². The number of ether oxygens (including phenoxy) is 3. The van der Waals surface area contributed by atoms with E-state index in [9.17, 15) is 13.2 Å². The second-order valence-electron chi connectivity index (χ2n) is 6.87. The highest BCUT2D eigenvalue weighted by molar-refractivity contribution is 7.91. The Morgan fingerprint density at radius 3 is 2.64 bits per heavy atom. The van der Waals surface area contributed by atoms with Crippen molar-refractivity contribution < 1.29 is 27.4 Å². The van der Waals surface area contributed by atoms with Gasteiger partial charge >= 0.3 is 0 Å². The number of carbonyl (C=O) groups excluding carboxylic acids is 1. The molecule has 8 heteroatoms. The molecule has 7 nitrogen and oxygen atoms in total. The number of nitrogens with zero attached hydrogens (tertiary/aromatic N) is 1. The molecule has 2 aromatic carbocycles. The van der Waals surface area contributed by atoms with Gasteiger partial charge in [0, 0.05) is 18.7 Å². The molecule has 0 unspecified atom stereocenters. The maximum Gasteiger partial charge on any atom is 0.261 e. The fourth-order valence-electron chi connectivity index (χ4n) is 3.42. The second-order valence-corrected chi connectivity index (χ2v) is 9.10. The average molecular weight is 403 g/mol. The molecule has 0 saturated carbocycles. The normalized spacial score (nSPS) is 19.4. The van der Waals surface area contributed by atoms with Crippen LogP contribution in [0.25, 0.3) is 0 Å². The van der Waals surface area contributed by atoms with Gasteiger partial charge in [0.15, 0.2) is 27.9 Å². The molecule has 1 saturated heterocycles. The molecule has 4 rings (SSSR count). The Bertz CT molecular complexity index is 960. The van der Waals surface area contributed by atoms with Crippen LogP contribution in [-0.2, 0) is 21.2 Å². The molecule has 1 amide bonds. The van der Waals surface area contributed by atoms with Crippen molar-refractivity contribution in [2.45, 2.75) is 19.0 Å². The maximum atomic E-state index is 12.9. The van der Waals surface area contributed by atoms with Gasteiger partial charge in [-0.05, 0) is 24.1 Å². The molecule has 0 aliphatic carbocycles. The Labute approximate surface area is 163 Å². The van der Waals surface area contributed by atoms with E-state index in [0.717, 1.165) is 5.56 Å². The topological polar surface area (TPSA) is 82.1 Å². The first-order valence-electron chi connectivity index (χ1n) is 9.06. The van der Waals surface area contributed by atoms with Crippen LogP contribution in [0.1, 0.15) is 12.0 Å². The summed E-state index contributed by atoms with van der Waals surface area (Å²) in [6.07, 6.45) is 0.449. The second kappa shape index (κ2) is 7.71. The third-order valence-corrected chi connectivity index (χ3v) is 6.62. The Morgan fingerprint density at radius 2 is 1.89 bits per heavy atom. The summed E-state index contributed by atoms with van der Waals surface area (Å²) in [5.41, 5.74) is 0.947. The first kappa shape index (κ1) is 18.6. The van der Waals surface area contributed by atoms with Crippen LogP contribution in [0.3, 0.4) is 0 Å². The van der Waals surface area contributed by atoms with E-state index in [2.05, 4.69) is 0 Å². The molecule has 0 spiro atoms. The summed E-state index contributed by atoms with van der Waals surface area (Å²) in [4.78, 5) is 14.5. The van der Waals surface area contributed by atoms with Crippen molar-refractivity contribution in [2.24, 2.45) is 0 Å². The quantitative estimate of drug-likeness (QED) is 0.734. The zero-order valence-electron chi connectivity index (χ0n) is 15.2. The Morgan fingerprint density at radius 1 is 1.11 bits per heavy atom. The minimum absolute atomic E-state index is 0.00437. The van der Waals surface area contributed by atoms with Crippen molar-refractivity contribution >= 4 is 15.7 Å². The number of benzene rings is 2. The number of sulfone groups is 1. The van der Waals surface area contributed by atoms with E-state index in [1.807, 2.05) is 30.3 Å². The fraction of sp³-hybridized carbons (Fsp3) is 0.350. The Kier molecular flexibility index (Phi) is 5.13. The summed E-state index contributed by atoms with van der Waals surface area (Å²) in [5.74, 6) is 1.57. The van der Waals surface area contributed by atoms with Crippen molar-refractivity contribution in [3.05, 3.63) is 54.1 Å². The molecular weight excluding hydrogens is 382 g/mol. The molecule has 1 atom stereocenters. The van der Waals surface area contributed by atoms with Crippen molar-refractivity contribution in [1.82, 2.24) is 4.90 Å². The molecule has 1 fully saturated rings. The van der Waals surface area contributed by atoms with Crippen LogP contribution in [-0.4, -0.2) is 50.2 Å². The molecule has 2 aromatic rings. The van der Waals surface area contributed by atoms with Crippen LogP contribution in [0.5, 0.6) is 17.2 Å². The van der Waals surface area contributed by atoms with E-state index in [-0.39, 0.29) is 36.9 Å². The maximum absolute atomic E-state index is 12.9. The minimum atomic E-state index is -3.11. The van der Waals surface area contributed by atoms with Gasteiger partial charge in [-0.3, -0.25) is 4.79 Å². The van der Waals surface area contributed by atoms with Crippen LogP contribution in [0.15, 0.2) is 48.5 Å². The first-order valence-corrected chi connectivity index (χ1v) is 10.9. The van der Waals surface area contributed by atoms with Crippen molar-refractivity contribution in [3.8, 4) is 17.2 Å². The van der Waals surface area contributed by atoms with Gasteiger partial charge in [0.2, 0.25) is 6.79 Å². The number of carbonyl (C=O) groups is 1. The smallest absolute Gasteiger partial charge is 0.261 e. The van der Waals surface area contributed by atoms with E-state index in [0.29, 0.717) is 30.2 Å². The molecular formula is C20H21NO6S. The van der Waals surface area contributed by atoms with Crippen molar-refractivity contribution in [1.29, 1.82) is 0 Å². The highest BCUT2D eigenvalue weighted by Crippen LogP contribution is 2.35. The molecule has 0 N–H and O–H groups in total. The zero-order chi connectivity index (χ0) is 19.6. The number of hydrogen-bond donors (Lipinski definition) is 0. The highest BCUT2D eigenvalue weighted by atomic mass is 32.2. The third-order valence-electron chi connectivity index (χ3n) is 4.87. The van der Waals surface area contributed by atoms with Crippen molar-refractivity contribution in [3.63, 3.8) is 0 Å². The summed E-state index contributed by atoms with van der Waals surface area (Å²) in [5, 5.41) is 0. The van der Waals surface area contributed by atoms with Gasteiger partial charge in [0.1, 0.15) is 5.75 Å². The minimum Gasteiger partial charge on any atom is -0.484 e. The molecule has 2 aliphatic rings.